The molecule has 6 heteroatoms. The molecule has 118 valence electrons. The van der Waals surface area contributed by atoms with Crippen molar-refractivity contribution in [1.82, 2.24) is 0 Å². The maximum Gasteiger partial charge on any atom is 0.336 e. The number of carbonyl (C=O) groups excluding carboxylic acids is 1. The second kappa shape index (κ2) is 7.11. The number of carboxylic acids is 2. The molecule has 0 aliphatic rings. The number of carbonyl (C=O) groups is 3. The van der Waals surface area contributed by atoms with E-state index in [1.807, 2.05) is 0 Å². The van der Waals surface area contributed by atoms with Gasteiger partial charge in [0.2, 0.25) is 0 Å². The van der Waals surface area contributed by atoms with Crippen LogP contribution in [0.15, 0.2) is 48.5 Å². The molecule has 2 aromatic rings. The van der Waals surface area contributed by atoms with E-state index in [0.717, 1.165) is 11.8 Å². The van der Waals surface area contributed by atoms with E-state index in [2.05, 4.69) is 0 Å². The standard InChI is InChI=1S/C17H14O5S/c1-10(18)23-15(17(21)22)12-8-6-11(7-9-12)13-4-2-3-5-14(13)16(19)20/h2-9,15H,1H3,(H,19,20)(H,21,22). The first-order chi connectivity index (χ1) is 10.9. The lowest BCUT2D eigenvalue weighted by Crippen LogP contribution is -2.09. The summed E-state index contributed by atoms with van der Waals surface area (Å²) in [5, 5.41) is 17.2. The molecule has 0 saturated carbocycles. The van der Waals surface area contributed by atoms with Crippen LogP contribution in [0.4, 0.5) is 0 Å². The molecule has 0 bridgehead atoms. The Bertz CT molecular complexity index is 752. The van der Waals surface area contributed by atoms with E-state index in [-0.39, 0.29) is 10.7 Å². The van der Waals surface area contributed by atoms with E-state index in [1.165, 1.54) is 13.0 Å². The molecule has 0 heterocycles. The second-order valence-electron chi connectivity index (χ2n) is 4.80. The van der Waals surface area contributed by atoms with Crippen LogP contribution in [0, 0.1) is 0 Å². The van der Waals surface area contributed by atoms with Crippen molar-refractivity contribution in [2.24, 2.45) is 0 Å². The van der Waals surface area contributed by atoms with Crippen molar-refractivity contribution in [2.75, 3.05) is 0 Å². The Hall–Kier alpha value is -2.60. The van der Waals surface area contributed by atoms with Crippen molar-refractivity contribution in [3.8, 4) is 11.1 Å². The zero-order valence-corrected chi connectivity index (χ0v) is 13.0. The summed E-state index contributed by atoms with van der Waals surface area (Å²) in [6.45, 7) is 1.32. The number of thioether (sulfide) groups is 1. The van der Waals surface area contributed by atoms with Gasteiger partial charge < -0.3 is 10.2 Å². The molecule has 5 nitrogen and oxygen atoms in total. The van der Waals surface area contributed by atoms with Gasteiger partial charge in [-0.05, 0) is 22.8 Å². The molecule has 1 unspecified atom stereocenters. The Labute approximate surface area is 137 Å². The normalized spacial score (nSPS) is 11.7. The predicted octanol–water partition coefficient (Wildman–Crippen LogP) is 3.46. The van der Waals surface area contributed by atoms with E-state index in [4.69, 9.17) is 0 Å². The van der Waals surface area contributed by atoms with Gasteiger partial charge in [-0.1, -0.05) is 54.2 Å². The smallest absolute Gasteiger partial charge is 0.336 e. The maximum absolute atomic E-state index is 11.3. The molecular formula is C17H14O5S. The van der Waals surface area contributed by atoms with Gasteiger partial charge in [0.05, 0.1) is 5.56 Å². The van der Waals surface area contributed by atoms with Crippen LogP contribution in [-0.4, -0.2) is 27.3 Å². The summed E-state index contributed by atoms with van der Waals surface area (Å²) in [4.78, 5) is 33.7. The molecule has 0 radical (unpaired) electrons. The van der Waals surface area contributed by atoms with Crippen LogP contribution >= 0.6 is 11.8 Å². The molecule has 0 amide bonds. The summed E-state index contributed by atoms with van der Waals surface area (Å²) in [5.41, 5.74) is 1.88. The first-order valence-corrected chi connectivity index (χ1v) is 7.61. The fourth-order valence-corrected chi connectivity index (χ4v) is 2.91. The Balaban J connectivity index is 2.38. The van der Waals surface area contributed by atoms with Crippen LogP contribution in [0.2, 0.25) is 0 Å². The van der Waals surface area contributed by atoms with Gasteiger partial charge in [0.25, 0.3) is 0 Å². The van der Waals surface area contributed by atoms with E-state index in [0.29, 0.717) is 16.7 Å². The fraction of sp³-hybridized carbons (Fsp3) is 0.118. The van der Waals surface area contributed by atoms with Gasteiger partial charge in [0.15, 0.2) is 5.12 Å². The third kappa shape index (κ3) is 3.98. The van der Waals surface area contributed by atoms with Gasteiger partial charge in [-0.15, -0.1) is 0 Å². The number of hydrogen-bond acceptors (Lipinski definition) is 4. The number of rotatable bonds is 5. The Kier molecular flexibility index (Phi) is 5.18. The Morgan fingerprint density at radius 1 is 0.957 bits per heavy atom. The third-order valence-corrected chi connectivity index (χ3v) is 4.23. The van der Waals surface area contributed by atoms with Crippen molar-refractivity contribution < 1.29 is 24.6 Å². The molecule has 0 aliphatic carbocycles. The molecule has 0 saturated heterocycles. The lowest BCUT2D eigenvalue weighted by molar-refractivity contribution is -0.136. The molecular weight excluding hydrogens is 316 g/mol. The molecule has 2 N–H and O–H groups in total. The van der Waals surface area contributed by atoms with Crippen LogP contribution < -0.4 is 0 Å². The highest BCUT2D eigenvalue weighted by atomic mass is 32.2. The zero-order chi connectivity index (χ0) is 17.0. The number of carboxylic acid groups (broad SMARTS) is 2. The zero-order valence-electron chi connectivity index (χ0n) is 12.2. The summed E-state index contributed by atoms with van der Waals surface area (Å²) >= 11 is 0.738. The number of aromatic carboxylic acids is 1. The quantitative estimate of drug-likeness (QED) is 0.872. The predicted molar refractivity (Wildman–Crippen MR) is 87.5 cm³/mol. The molecule has 23 heavy (non-hydrogen) atoms. The van der Waals surface area contributed by atoms with Gasteiger partial charge in [0.1, 0.15) is 5.25 Å². The molecule has 0 aromatic heterocycles. The van der Waals surface area contributed by atoms with Gasteiger partial charge in [-0.3, -0.25) is 9.59 Å². The molecule has 0 aliphatic heterocycles. The van der Waals surface area contributed by atoms with Crippen LogP contribution in [0.3, 0.4) is 0 Å². The molecule has 2 rings (SSSR count). The van der Waals surface area contributed by atoms with E-state index in [1.54, 1.807) is 42.5 Å². The lowest BCUT2D eigenvalue weighted by Gasteiger charge is -2.12. The highest BCUT2D eigenvalue weighted by Crippen LogP contribution is 2.32. The maximum atomic E-state index is 11.3. The van der Waals surface area contributed by atoms with Gasteiger partial charge in [-0.2, -0.15) is 0 Å². The van der Waals surface area contributed by atoms with Crippen LogP contribution in [0.5, 0.6) is 0 Å². The minimum Gasteiger partial charge on any atom is -0.480 e. The van der Waals surface area contributed by atoms with Gasteiger partial charge in [0, 0.05) is 6.92 Å². The molecule has 0 fully saturated rings. The van der Waals surface area contributed by atoms with Crippen molar-refractivity contribution in [1.29, 1.82) is 0 Å². The second-order valence-corrected chi connectivity index (χ2v) is 6.08. The van der Waals surface area contributed by atoms with E-state index in [9.17, 15) is 24.6 Å². The number of benzene rings is 2. The number of aliphatic carboxylic acids is 1. The highest BCUT2D eigenvalue weighted by Gasteiger charge is 2.22. The average Bonchev–Trinajstić information content (AvgIpc) is 2.52. The van der Waals surface area contributed by atoms with Crippen LogP contribution in [-0.2, 0) is 9.59 Å². The topological polar surface area (TPSA) is 91.7 Å². The fourth-order valence-electron chi connectivity index (χ4n) is 2.19. The lowest BCUT2D eigenvalue weighted by atomic mass is 9.98. The summed E-state index contributed by atoms with van der Waals surface area (Å²) in [7, 11) is 0. The minimum absolute atomic E-state index is 0.174. The SMILES string of the molecule is CC(=O)SC(C(=O)O)c1ccc(-c2ccccc2C(=O)O)cc1. The van der Waals surface area contributed by atoms with Crippen LogP contribution in [0.1, 0.15) is 28.1 Å². The van der Waals surface area contributed by atoms with Crippen molar-refractivity contribution in [2.45, 2.75) is 12.2 Å². The summed E-state index contributed by atoms with van der Waals surface area (Å²) in [6.07, 6.45) is 0. The largest absolute Gasteiger partial charge is 0.480 e. The summed E-state index contributed by atoms with van der Waals surface area (Å²) < 4.78 is 0. The first kappa shape index (κ1) is 16.8. The average molecular weight is 330 g/mol. The van der Waals surface area contributed by atoms with Crippen molar-refractivity contribution in [3.05, 3.63) is 59.7 Å². The molecule has 1 atom stereocenters. The first-order valence-electron chi connectivity index (χ1n) is 6.73. The monoisotopic (exact) mass is 330 g/mol. The summed E-state index contributed by atoms with van der Waals surface area (Å²) in [5.74, 6) is -2.12. The Morgan fingerprint density at radius 3 is 2.09 bits per heavy atom. The van der Waals surface area contributed by atoms with Gasteiger partial charge >= 0.3 is 11.9 Å². The summed E-state index contributed by atoms with van der Waals surface area (Å²) in [6, 6.07) is 13.1. The third-order valence-electron chi connectivity index (χ3n) is 3.19. The minimum atomic E-state index is -1.09. The van der Waals surface area contributed by atoms with Gasteiger partial charge in [-0.25, -0.2) is 4.79 Å². The van der Waals surface area contributed by atoms with Crippen molar-refractivity contribution >= 4 is 28.8 Å². The molecule has 0 spiro atoms. The molecule has 2 aromatic carbocycles. The van der Waals surface area contributed by atoms with E-state index >= 15 is 0 Å². The Morgan fingerprint density at radius 2 is 1.57 bits per heavy atom. The van der Waals surface area contributed by atoms with Crippen molar-refractivity contribution in [3.63, 3.8) is 0 Å². The highest BCUT2D eigenvalue weighted by molar-refractivity contribution is 8.14. The number of hydrogen-bond donors (Lipinski definition) is 2. The van der Waals surface area contributed by atoms with E-state index < -0.39 is 17.2 Å². The van der Waals surface area contributed by atoms with Crippen LogP contribution in [0.25, 0.3) is 11.1 Å².